The maximum atomic E-state index is 13.1. The van der Waals surface area contributed by atoms with Crippen LogP contribution in [-0.2, 0) is 16.1 Å². The van der Waals surface area contributed by atoms with E-state index in [0.717, 1.165) is 6.07 Å². The van der Waals surface area contributed by atoms with E-state index in [9.17, 15) is 18.4 Å². The normalized spacial score (nSPS) is 10.1. The molecule has 2 N–H and O–H groups in total. The quantitative estimate of drug-likeness (QED) is 0.856. The van der Waals surface area contributed by atoms with Crippen LogP contribution in [0.3, 0.4) is 0 Å². The summed E-state index contributed by atoms with van der Waals surface area (Å²) < 4.78 is 25.9. The zero-order valence-corrected chi connectivity index (χ0v) is 11.8. The van der Waals surface area contributed by atoms with E-state index in [0.29, 0.717) is 11.1 Å². The zero-order chi connectivity index (χ0) is 16.1. The molecular formula is C16H14F2N2O2. The van der Waals surface area contributed by atoms with Crippen molar-refractivity contribution in [3.8, 4) is 0 Å². The lowest BCUT2D eigenvalue weighted by molar-refractivity contribution is -0.136. The molecule has 2 amide bonds. The van der Waals surface area contributed by atoms with E-state index in [2.05, 4.69) is 10.6 Å². The van der Waals surface area contributed by atoms with Crippen LogP contribution in [0.15, 0.2) is 42.5 Å². The van der Waals surface area contributed by atoms with Gasteiger partial charge in [-0.15, -0.1) is 0 Å². The van der Waals surface area contributed by atoms with E-state index in [1.54, 1.807) is 6.92 Å². The summed E-state index contributed by atoms with van der Waals surface area (Å²) >= 11 is 0. The molecule has 0 heterocycles. The lowest BCUT2D eigenvalue weighted by Gasteiger charge is -2.09. The Labute approximate surface area is 126 Å². The number of carbonyl (C=O) groups excluding carboxylic acids is 2. The maximum absolute atomic E-state index is 13.1. The largest absolute Gasteiger partial charge is 0.344 e. The summed E-state index contributed by atoms with van der Waals surface area (Å²) in [5.74, 6) is -2.63. The zero-order valence-electron chi connectivity index (χ0n) is 11.8. The number of nitrogens with one attached hydrogen (secondary N) is 2. The van der Waals surface area contributed by atoms with E-state index >= 15 is 0 Å². The molecular weight excluding hydrogens is 290 g/mol. The second-order valence-electron chi connectivity index (χ2n) is 4.72. The highest BCUT2D eigenvalue weighted by Gasteiger charge is 2.14. The lowest BCUT2D eigenvalue weighted by Crippen LogP contribution is -2.35. The molecule has 0 atom stereocenters. The van der Waals surface area contributed by atoms with Crippen molar-refractivity contribution in [3.05, 3.63) is 65.2 Å². The summed E-state index contributed by atoms with van der Waals surface area (Å²) in [5, 5.41) is 4.75. The minimum atomic E-state index is -0.893. The Morgan fingerprint density at radius 1 is 0.955 bits per heavy atom. The first-order valence-corrected chi connectivity index (χ1v) is 6.55. The predicted octanol–water partition coefficient (Wildman–Crippen LogP) is 2.53. The van der Waals surface area contributed by atoms with Crippen molar-refractivity contribution in [2.75, 3.05) is 5.32 Å². The number of rotatable bonds is 3. The van der Waals surface area contributed by atoms with Crippen molar-refractivity contribution < 1.29 is 18.4 Å². The first kappa shape index (κ1) is 15.6. The van der Waals surface area contributed by atoms with Gasteiger partial charge in [-0.2, -0.15) is 0 Å². The van der Waals surface area contributed by atoms with Crippen molar-refractivity contribution in [2.45, 2.75) is 13.5 Å². The Kier molecular flexibility index (Phi) is 4.83. The van der Waals surface area contributed by atoms with Gasteiger partial charge in [-0.05, 0) is 42.3 Å². The number of aryl methyl sites for hydroxylation is 1. The summed E-state index contributed by atoms with van der Waals surface area (Å²) in [7, 11) is 0. The Morgan fingerprint density at radius 2 is 1.59 bits per heavy atom. The third kappa shape index (κ3) is 4.12. The molecule has 0 bridgehead atoms. The maximum Gasteiger partial charge on any atom is 0.313 e. The van der Waals surface area contributed by atoms with Crippen LogP contribution in [0.5, 0.6) is 0 Å². The summed E-state index contributed by atoms with van der Waals surface area (Å²) in [5.41, 5.74) is 1.53. The van der Waals surface area contributed by atoms with Crippen molar-refractivity contribution in [1.82, 2.24) is 5.32 Å². The fraction of sp³-hybridized carbons (Fsp3) is 0.125. The van der Waals surface area contributed by atoms with E-state index < -0.39 is 17.6 Å². The number of benzene rings is 2. The van der Waals surface area contributed by atoms with Gasteiger partial charge in [0.2, 0.25) is 0 Å². The Hall–Kier alpha value is -2.76. The van der Waals surface area contributed by atoms with Gasteiger partial charge < -0.3 is 10.6 Å². The number of amides is 2. The van der Waals surface area contributed by atoms with Gasteiger partial charge in [0.15, 0.2) is 0 Å². The van der Waals surface area contributed by atoms with Crippen LogP contribution in [0.4, 0.5) is 14.5 Å². The van der Waals surface area contributed by atoms with Gasteiger partial charge in [0.25, 0.3) is 0 Å². The van der Waals surface area contributed by atoms with Crippen molar-refractivity contribution in [1.29, 1.82) is 0 Å². The molecule has 0 aliphatic carbocycles. The average Bonchev–Trinajstić information content (AvgIpc) is 2.50. The number of carbonyl (C=O) groups is 2. The molecule has 0 saturated carbocycles. The summed E-state index contributed by atoms with van der Waals surface area (Å²) in [6.07, 6.45) is 0. The number of hydrogen-bond acceptors (Lipinski definition) is 2. The highest BCUT2D eigenvalue weighted by Crippen LogP contribution is 2.15. The molecule has 2 rings (SSSR count). The number of hydrogen-bond donors (Lipinski definition) is 2. The summed E-state index contributed by atoms with van der Waals surface area (Å²) in [4.78, 5) is 23.4. The third-order valence-corrected chi connectivity index (χ3v) is 3.02. The second-order valence-corrected chi connectivity index (χ2v) is 4.72. The first-order valence-electron chi connectivity index (χ1n) is 6.55. The molecule has 2 aromatic carbocycles. The molecule has 22 heavy (non-hydrogen) atoms. The van der Waals surface area contributed by atoms with E-state index in [4.69, 9.17) is 0 Å². The van der Waals surface area contributed by atoms with Gasteiger partial charge >= 0.3 is 11.8 Å². The highest BCUT2D eigenvalue weighted by molar-refractivity contribution is 6.39. The van der Waals surface area contributed by atoms with Gasteiger partial charge in [0.1, 0.15) is 11.6 Å². The van der Waals surface area contributed by atoms with Gasteiger partial charge in [0, 0.05) is 12.2 Å². The van der Waals surface area contributed by atoms with Crippen molar-refractivity contribution in [2.24, 2.45) is 0 Å². The second kappa shape index (κ2) is 6.80. The molecule has 0 radical (unpaired) electrons. The molecule has 6 heteroatoms. The van der Waals surface area contributed by atoms with Crippen LogP contribution in [0, 0.1) is 18.6 Å². The van der Waals surface area contributed by atoms with Crippen LogP contribution in [0.1, 0.15) is 11.1 Å². The van der Waals surface area contributed by atoms with Crippen LogP contribution >= 0.6 is 0 Å². The van der Waals surface area contributed by atoms with E-state index in [1.165, 1.54) is 36.4 Å². The van der Waals surface area contributed by atoms with E-state index in [1.807, 2.05) is 0 Å². The van der Waals surface area contributed by atoms with E-state index in [-0.39, 0.29) is 18.0 Å². The average molecular weight is 304 g/mol. The molecule has 0 fully saturated rings. The molecule has 114 valence electrons. The lowest BCUT2D eigenvalue weighted by atomic mass is 10.2. The standard InChI is InChI=1S/C16H14F2N2O2/c1-10-2-5-13(18)8-14(10)20-16(22)15(21)19-9-11-3-6-12(17)7-4-11/h2-8H,9H2,1H3,(H,19,21)(H,20,22). The fourth-order valence-electron chi connectivity index (χ4n) is 1.77. The minimum absolute atomic E-state index is 0.0919. The van der Waals surface area contributed by atoms with Crippen LogP contribution in [-0.4, -0.2) is 11.8 Å². The molecule has 0 aromatic heterocycles. The molecule has 4 nitrogen and oxygen atoms in total. The topological polar surface area (TPSA) is 58.2 Å². The summed E-state index contributed by atoms with van der Waals surface area (Å²) in [6.45, 7) is 1.78. The van der Waals surface area contributed by atoms with Gasteiger partial charge in [-0.25, -0.2) is 8.78 Å². The fourth-order valence-corrected chi connectivity index (χ4v) is 1.77. The monoisotopic (exact) mass is 304 g/mol. The van der Waals surface area contributed by atoms with Crippen LogP contribution in [0.2, 0.25) is 0 Å². The smallest absolute Gasteiger partial charge is 0.313 e. The Morgan fingerprint density at radius 3 is 2.27 bits per heavy atom. The molecule has 2 aromatic rings. The van der Waals surface area contributed by atoms with Crippen molar-refractivity contribution in [3.63, 3.8) is 0 Å². The highest BCUT2D eigenvalue weighted by atomic mass is 19.1. The Balaban J connectivity index is 1.93. The van der Waals surface area contributed by atoms with Crippen molar-refractivity contribution >= 4 is 17.5 Å². The SMILES string of the molecule is Cc1ccc(F)cc1NC(=O)C(=O)NCc1ccc(F)cc1. The minimum Gasteiger partial charge on any atom is -0.344 e. The molecule has 0 unspecified atom stereocenters. The summed E-state index contributed by atoms with van der Waals surface area (Å²) in [6, 6.07) is 9.44. The molecule has 0 aliphatic heterocycles. The number of halogens is 2. The van der Waals surface area contributed by atoms with Crippen LogP contribution < -0.4 is 10.6 Å². The Bertz CT molecular complexity index is 700. The van der Waals surface area contributed by atoms with Gasteiger partial charge in [0.05, 0.1) is 0 Å². The van der Waals surface area contributed by atoms with Gasteiger partial charge in [-0.1, -0.05) is 18.2 Å². The van der Waals surface area contributed by atoms with Crippen LogP contribution in [0.25, 0.3) is 0 Å². The van der Waals surface area contributed by atoms with Gasteiger partial charge in [-0.3, -0.25) is 9.59 Å². The molecule has 0 aliphatic rings. The third-order valence-electron chi connectivity index (χ3n) is 3.02. The predicted molar refractivity (Wildman–Crippen MR) is 78.0 cm³/mol. The molecule has 0 spiro atoms. The molecule has 0 saturated heterocycles. The first-order chi connectivity index (χ1) is 10.5. The number of anilines is 1.